The number of aromatic hydroxyl groups is 1. The van der Waals surface area contributed by atoms with Crippen molar-refractivity contribution < 1.29 is 19.7 Å². The van der Waals surface area contributed by atoms with Crippen molar-refractivity contribution in [3.8, 4) is 5.75 Å². The van der Waals surface area contributed by atoms with E-state index in [2.05, 4.69) is 0 Å². The van der Waals surface area contributed by atoms with Crippen molar-refractivity contribution >= 4 is 0 Å². The fraction of sp³-hybridized carbons (Fsp3) is 0.643. The standard InChI is InChI=1S/C14H22O5/c1-7(2)13(17)8(3)11(15)5-10-6-12(16)9(4)14(18)19-10/h6-8,11,13,15-17H,5H2,1-4H3/t8-,11+,13-/m1/s1. The van der Waals surface area contributed by atoms with E-state index in [1.807, 2.05) is 13.8 Å². The summed E-state index contributed by atoms with van der Waals surface area (Å²) < 4.78 is 4.99. The zero-order valence-corrected chi connectivity index (χ0v) is 11.8. The Morgan fingerprint density at radius 1 is 1.26 bits per heavy atom. The van der Waals surface area contributed by atoms with Gasteiger partial charge in [0.2, 0.25) is 0 Å². The van der Waals surface area contributed by atoms with Gasteiger partial charge in [0.05, 0.1) is 17.8 Å². The minimum Gasteiger partial charge on any atom is -0.507 e. The molecule has 1 aromatic rings. The number of hydrogen-bond acceptors (Lipinski definition) is 5. The molecule has 5 nitrogen and oxygen atoms in total. The molecule has 1 heterocycles. The van der Waals surface area contributed by atoms with Crippen LogP contribution in [0.25, 0.3) is 0 Å². The van der Waals surface area contributed by atoms with E-state index in [1.165, 1.54) is 13.0 Å². The highest BCUT2D eigenvalue weighted by Crippen LogP contribution is 2.21. The molecule has 0 aromatic carbocycles. The third kappa shape index (κ3) is 3.81. The summed E-state index contributed by atoms with van der Waals surface area (Å²) in [7, 11) is 0. The van der Waals surface area contributed by atoms with Crippen molar-refractivity contribution in [3.05, 3.63) is 27.8 Å². The van der Waals surface area contributed by atoms with Crippen LogP contribution in [0, 0.1) is 18.8 Å². The quantitative estimate of drug-likeness (QED) is 0.748. The molecule has 1 aromatic heterocycles. The van der Waals surface area contributed by atoms with Crippen molar-refractivity contribution in [2.75, 3.05) is 0 Å². The summed E-state index contributed by atoms with van der Waals surface area (Å²) in [6.45, 7) is 6.94. The lowest BCUT2D eigenvalue weighted by atomic mass is 9.88. The molecule has 0 saturated carbocycles. The number of hydrogen-bond donors (Lipinski definition) is 3. The van der Waals surface area contributed by atoms with Gasteiger partial charge < -0.3 is 19.7 Å². The minimum atomic E-state index is -0.845. The first-order chi connectivity index (χ1) is 8.73. The lowest BCUT2D eigenvalue weighted by Gasteiger charge is -2.26. The molecule has 0 unspecified atom stereocenters. The van der Waals surface area contributed by atoms with E-state index in [1.54, 1.807) is 6.92 Å². The number of aliphatic hydroxyl groups is 2. The van der Waals surface area contributed by atoms with Crippen LogP contribution in [0.5, 0.6) is 5.75 Å². The molecule has 19 heavy (non-hydrogen) atoms. The Kier molecular flexibility index (Phi) is 5.14. The smallest absolute Gasteiger partial charge is 0.342 e. The molecule has 0 amide bonds. The molecule has 0 saturated heterocycles. The summed E-state index contributed by atoms with van der Waals surface area (Å²) >= 11 is 0. The Bertz CT molecular complexity index is 477. The summed E-state index contributed by atoms with van der Waals surface area (Å²) in [4.78, 5) is 11.4. The van der Waals surface area contributed by atoms with Gasteiger partial charge in [-0.2, -0.15) is 0 Å². The van der Waals surface area contributed by atoms with Crippen LogP contribution in [0.15, 0.2) is 15.3 Å². The van der Waals surface area contributed by atoms with E-state index in [-0.39, 0.29) is 35.3 Å². The van der Waals surface area contributed by atoms with Crippen LogP contribution in [0.3, 0.4) is 0 Å². The number of rotatable bonds is 5. The second-order valence-electron chi connectivity index (χ2n) is 5.38. The fourth-order valence-electron chi connectivity index (χ4n) is 1.92. The van der Waals surface area contributed by atoms with Gasteiger partial charge in [-0.15, -0.1) is 0 Å². The molecule has 0 radical (unpaired) electrons. The van der Waals surface area contributed by atoms with Gasteiger partial charge in [-0.1, -0.05) is 20.8 Å². The Morgan fingerprint density at radius 3 is 2.32 bits per heavy atom. The second kappa shape index (κ2) is 6.21. The van der Waals surface area contributed by atoms with E-state index < -0.39 is 17.8 Å². The zero-order valence-electron chi connectivity index (χ0n) is 11.8. The maximum Gasteiger partial charge on any atom is 0.342 e. The predicted octanol–water partition coefficient (Wildman–Crippen LogP) is 1.21. The van der Waals surface area contributed by atoms with Gasteiger partial charge in [0, 0.05) is 18.4 Å². The second-order valence-corrected chi connectivity index (χ2v) is 5.38. The van der Waals surface area contributed by atoms with Crippen LogP contribution in [0.2, 0.25) is 0 Å². The van der Waals surface area contributed by atoms with Crippen LogP contribution in [0.1, 0.15) is 32.1 Å². The molecule has 0 fully saturated rings. The molecule has 108 valence electrons. The monoisotopic (exact) mass is 270 g/mol. The van der Waals surface area contributed by atoms with Crippen molar-refractivity contribution in [1.82, 2.24) is 0 Å². The molecule has 5 heteroatoms. The van der Waals surface area contributed by atoms with E-state index in [0.717, 1.165) is 0 Å². The van der Waals surface area contributed by atoms with Crippen LogP contribution in [-0.4, -0.2) is 27.5 Å². The van der Waals surface area contributed by atoms with Crippen LogP contribution in [-0.2, 0) is 6.42 Å². The third-order valence-electron chi connectivity index (χ3n) is 3.45. The fourth-order valence-corrected chi connectivity index (χ4v) is 1.92. The maximum absolute atomic E-state index is 11.4. The lowest BCUT2D eigenvalue weighted by Crippen LogP contribution is -2.34. The van der Waals surface area contributed by atoms with E-state index in [0.29, 0.717) is 0 Å². The predicted molar refractivity (Wildman–Crippen MR) is 71.1 cm³/mol. The first-order valence-corrected chi connectivity index (χ1v) is 6.42. The highest BCUT2D eigenvalue weighted by molar-refractivity contribution is 5.28. The van der Waals surface area contributed by atoms with E-state index in [9.17, 15) is 20.1 Å². The summed E-state index contributed by atoms with van der Waals surface area (Å²) in [5.74, 6) is -0.254. The molecule has 0 spiro atoms. The van der Waals surface area contributed by atoms with Gasteiger partial charge >= 0.3 is 5.63 Å². The molecule has 0 bridgehead atoms. The topological polar surface area (TPSA) is 90.9 Å². The van der Waals surface area contributed by atoms with Gasteiger partial charge in [0.15, 0.2) is 0 Å². The van der Waals surface area contributed by atoms with Crippen molar-refractivity contribution in [3.63, 3.8) is 0 Å². The number of aliphatic hydroxyl groups excluding tert-OH is 2. The summed E-state index contributed by atoms with van der Waals surface area (Å²) in [5.41, 5.74) is -0.465. The van der Waals surface area contributed by atoms with Gasteiger partial charge in [0.1, 0.15) is 11.5 Å². The normalized spacial score (nSPS) is 16.4. The van der Waals surface area contributed by atoms with Crippen LogP contribution < -0.4 is 5.63 Å². The molecule has 0 aliphatic carbocycles. The molecule has 0 aliphatic heterocycles. The molecule has 3 N–H and O–H groups in total. The SMILES string of the molecule is Cc1c(O)cc(C[C@H](O)[C@@H](C)[C@H](O)C(C)C)oc1=O. The Morgan fingerprint density at radius 2 is 1.84 bits per heavy atom. The highest BCUT2D eigenvalue weighted by atomic mass is 16.4. The van der Waals surface area contributed by atoms with Crippen molar-refractivity contribution in [2.24, 2.45) is 11.8 Å². The van der Waals surface area contributed by atoms with Gasteiger partial charge in [0.25, 0.3) is 0 Å². The highest BCUT2D eigenvalue weighted by Gasteiger charge is 2.26. The van der Waals surface area contributed by atoms with E-state index in [4.69, 9.17) is 4.42 Å². The lowest BCUT2D eigenvalue weighted by molar-refractivity contribution is -0.00362. The molecular formula is C14H22O5. The zero-order chi connectivity index (χ0) is 14.7. The maximum atomic E-state index is 11.4. The van der Waals surface area contributed by atoms with Crippen LogP contribution >= 0.6 is 0 Å². The third-order valence-corrected chi connectivity index (χ3v) is 3.45. The van der Waals surface area contributed by atoms with Crippen molar-refractivity contribution in [2.45, 2.75) is 46.3 Å². The molecule has 0 aliphatic rings. The van der Waals surface area contributed by atoms with Gasteiger partial charge in [-0.25, -0.2) is 4.79 Å². The van der Waals surface area contributed by atoms with Gasteiger partial charge in [-0.3, -0.25) is 0 Å². The molecule has 3 atom stereocenters. The Labute approximate surface area is 112 Å². The van der Waals surface area contributed by atoms with Gasteiger partial charge in [-0.05, 0) is 12.8 Å². The Balaban J connectivity index is 2.83. The average Bonchev–Trinajstić information content (AvgIpc) is 2.33. The van der Waals surface area contributed by atoms with Crippen LogP contribution in [0.4, 0.5) is 0 Å². The average molecular weight is 270 g/mol. The minimum absolute atomic E-state index is 0.0306. The molecular weight excluding hydrogens is 248 g/mol. The molecule has 1 rings (SSSR count). The van der Waals surface area contributed by atoms with Crippen molar-refractivity contribution in [1.29, 1.82) is 0 Å². The largest absolute Gasteiger partial charge is 0.507 e. The summed E-state index contributed by atoms with van der Waals surface area (Å²) in [5, 5.41) is 29.5. The summed E-state index contributed by atoms with van der Waals surface area (Å²) in [6.07, 6.45) is -1.41. The van der Waals surface area contributed by atoms with E-state index >= 15 is 0 Å². The Hall–Kier alpha value is -1.33. The summed E-state index contributed by atoms with van der Waals surface area (Å²) in [6, 6.07) is 1.33. The first-order valence-electron chi connectivity index (χ1n) is 6.42. The first kappa shape index (κ1) is 15.7.